The first-order chi connectivity index (χ1) is 13.6. The van der Waals surface area contributed by atoms with Crippen molar-refractivity contribution in [1.82, 2.24) is 20.2 Å². The standard InChI is InChI=1S/C21H27FN4O2/c1-2-3-12-23-20(27)18-17-6-4-5-14-26(17)19(25-18)21(28)24-13-11-15-7-9-16(22)10-8-15/h7-10H,2-6,11-14H2,1H3,(H,23,27)(H,24,28). The summed E-state index contributed by atoms with van der Waals surface area (Å²) in [7, 11) is 0. The van der Waals surface area contributed by atoms with Crippen molar-refractivity contribution >= 4 is 11.8 Å². The van der Waals surface area contributed by atoms with E-state index in [1.54, 1.807) is 12.1 Å². The minimum absolute atomic E-state index is 0.204. The molecular weight excluding hydrogens is 359 g/mol. The highest BCUT2D eigenvalue weighted by molar-refractivity contribution is 5.97. The summed E-state index contributed by atoms with van der Waals surface area (Å²) in [6.07, 6.45) is 5.24. The lowest BCUT2D eigenvalue weighted by Crippen LogP contribution is -2.29. The highest BCUT2D eigenvalue weighted by Crippen LogP contribution is 2.21. The fraction of sp³-hybridized carbons (Fsp3) is 0.476. The SMILES string of the molecule is CCCCNC(=O)c1nc(C(=O)NCCc2ccc(F)cc2)n2c1CCCC2. The third-order valence-electron chi connectivity index (χ3n) is 4.96. The number of aromatic nitrogens is 2. The van der Waals surface area contributed by atoms with Crippen molar-refractivity contribution in [2.75, 3.05) is 13.1 Å². The molecule has 1 aromatic heterocycles. The van der Waals surface area contributed by atoms with Crippen molar-refractivity contribution in [3.63, 3.8) is 0 Å². The van der Waals surface area contributed by atoms with Crippen molar-refractivity contribution in [2.24, 2.45) is 0 Å². The fourth-order valence-electron chi connectivity index (χ4n) is 3.41. The third-order valence-corrected chi connectivity index (χ3v) is 4.96. The number of carbonyl (C=O) groups excluding carboxylic acids is 2. The van der Waals surface area contributed by atoms with E-state index in [0.29, 0.717) is 37.6 Å². The number of nitrogens with zero attached hydrogens (tertiary/aromatic N) is 2. The molecule has 2 heterocycles. The lowest BCUT2D eigenvalue weighted by molar-refractivity contribution is 0.0938. The van der Waals surface area contributed by atoms with Gasteiger partial charge in [0.2, 0.25) is 0 Å². The molecule has 0 aliphatic carbocycles. The van der Waals surface area contributed by atoms with Crippen molar-refractivity contribution in [3.05, 3.63) is 52.9 Å². The van der Waals surface area contributed by atoms with E-state index in [1.165, 1.54) is 12.1 Å². The summed E-state index contributed by atoms with van der Waals surface area (Å²) < 4.78 is 14.9. The van der Waals surface area contributed by atoms with Crippen LogP contribution in [0.2, 0.25) is 0 Å². The molecule has 0 spiro atoms. The summed E-state index contributed by atoms with van der Waals surface area (Å²) in [5.74, 6) is -0.460. The molecule has 6 nitrogen and oxygen atoms in total. The monoisotopic (exact) mass is 386 g/mol. The van der Waals surface area contributed by atoms with Gasteiger partial charge in [-0.15, -0.1) is 0 Å². The Hall–Kier alpha value is -2.70. The van der Waals surface area contributed by atoms with Crippen molar-refractivity contribution < 1.29 is 14.0 Å². The second-order valence-corrected chi connectivity index (χ2v) is 7.08. The van der Waals surface area contributed by atoms with E-state index in [2.05, 4.69) is 22.5 Å². The van der Waals surface area contributed by atoms with Gasteiger partial charge in [-0.1, -0.05) is 25.5 Å². The molecule has 0 atom stereocenters. The minimum Gasteiger partial charge on any atom is -0.351 e. The first-order valence-corrected chi connectivity index (χ1v) is 10.0. The normalized spacial score (nSPS) is 13.1. The van der Waals surface area contributed by atoms with Crippen LogP contribution in [0.25, 0.3) is 0 Å². The Morgan fingerprint density at radius 3 is 2.61 bits per heavy atom. The van der Waals surface area contributed by atoms with Crippen LogP contribution in [0.1, 0.15) is 65.0 Å². The number of benzene rings is 1. The van der Waals surface area contributed by atoms with E-state index in [4.69, 9.17) is 0 Å². The molecule has 2 amide bonds. The first kappa shape index (κ1) is 20.0. The van der Waals surface area contributed by atoms with Crippen LogP contribution in [0.4, 0.5) is 4.39 Å². The Labute approximate surface area is 164 Å². The number of amides is 2. The van der Waals surface area contributed by atoms with Crippen LogP contribution in [0.3, 0.4) is 0 Å². The van der Waals surface area contributed by atoms with Crippen LogP contribution >= 0.6 is 0 Å². The number of imidazole rings is 1. The van der Waals surface area contributed by atoms with E-state index in [0.717, 1.165) is 43.4 Å². The van der Waals surface area contributed by atoms with Gasteiger partial charge in [0.05, 0.1) is 5.69 Å². The molecule has 2 N–H and O–H groups in total. The number of hydrogen-bond donors (Lipinski definition) is 2. The van der Waals surface area contributed by atoms with Gasteiger partial charge < -0.3 is 15.2 Å². The Balaban J connectivity index is 1.67. The van der Waals surface area contributed by atoms with Crippen LogP contribution in [0.15, 0.2) is 24.3 Å². The van der Waals surface area contributed by atoms with Crippen molar-refractivity contribution in [3.8, 4) is 0 Å². The number of rotatable bonds is 8. The maximum atomic E-state index is 13.0. The van der Waals surface area contributed by atoms with E-state index in [9.17, 15) is 14.0 Å². The van der Waals surface area contributed by atoms with Gasteiger partial charge in [0.25, 0.3) is 11.8 Å². The average Bonchev–Trinajstić information content (AvgIpc) is 3.09. The Morgan fingerprint density at radius 1 is 1.11 bits per heavy atom. The smallest absolute Gasteiger partial charge is 0.287 e. The van der Waals surface area contributed by atoms with E-state index in [-0.39, 0.29) is 17.6 Å². The molecule has 2 aromatic rings. The molecule has 1 aliphatic heterocycles. The van der Waals surface area contributed by atoms with Gasteiger partial charge in [0.15, 0.2) is 5.82 Å². The number of nitrogens with one attached hydrogen (secondary N) is 2. The lowest BCUT2D eigenvalue weighted by atomic mass is 10.1. The van der Waals surface area contributed by atoms with Crippen molar-refractivity contribution in [1.29, 1.82) is 0 Å². The molecule has 7 heteroatoms. The van der Waals surface area contributed by atoms with Crippen LogP contribution in [0.5, 0.6) is 0 Å². The molecule has 0 radical (unpaired) electrons. The van der Waals surface area contributed by atoms with Crippen LogP contribution in [0, 0.1) is 5.82 Å². The molecule has 1 aromatic carbocycles. The molecule has 0 bridgehead atoms. The first-order valence-electron chi connectivity index (χ1n) is 10.0. The van der Waals surface area contributed by atoms with Gasteiger partial charge in [-0.25, -0.2) is 9.37 Å². The maximum absolute atomic E-state index is 13.0. The van der Waals surface area contributed by atoms with E-state index < -0.39 is 0 Å². The zero-order chi connectivity index (χ0) is 19.9. The molecule has 0 fully saturated rings. The molecule has 150 valence electrons. The molecule has 0 saturated carbocycles. The predicted octanol–water partition coefficient (Wildman–Crippen LogP) is 2.86. The van der Waals surface area contributed by atoms with Crippen LogP contribution in [-0.2, 0) is 19.4 Å². The van der Waals surface area contributed by atoms with E-state index >= 15 is 0 Å². The number of fused-ring (bicyclic) bond motifs is 1. The highest BCUT2D eigenvalue weighted by Gasteiger charge is 2.27. The van der Waals surface area contributed by atoms with Crippen LogP contribution in [-0.4, -0.2) is 34.5 Å². The average molecular weight is 386 g/mol. The fourth-order valence-corrected chi connectivity index (χ4v) is 3.41. The van der Waals surface area contributed by atoms with Crippen molar-refractivity contribution in [2.45, 2.75) is 52.0 Å². The molecule has 0 unspecified atom stereocenters. The largest absolute Gasteiger partial charge is 0.351 e. The second-order valence-electron chi connectivity index (χ2n) is 7.08. The van der Waals surface area contributed by atoms with Gasteiger partial charge >= 0.3 is 0 Å². The van der Waals surface area contributed by atoms with Gasteiger partial charge in [-0.05, 0) is 49.8 Å². The quantitative estimate of drug-likeness (QED) is 0.685. The van der Waals surface area contributed by atoms with Gasteiger partial charge in [0.1, 0.15) is 11.5 Å². The summed E-state index contributed by atoms with van der Waals surface area (Å²) in [5, 5.41) is 5.76. The summed E-state index contributed by atoms with van der Waals surface area (Å²) in [5.41, 5.74) is 2.17. The number of unbranched alkanes of at least 4 members (excludes halogenated alkanes) is 1. The Kier molecular flexibility index (Phi) is 6.79. The summed E-state index contributed by atoms with van der Waals surface area (Å²) >= 11 is 0. The zero-order valence-corrected chi connectivity index (χ0v) is 16.3. The Morgan fingerprint density at radius 2 is 1.86 bits per heavy atom. The van der Waals surface area contributed by atoms with E-state index in [1.807, 2.05) is 4.57 Å². The topological polar surface area (TPSA) is 76.0 Å². The number of halogens is 1. The predicted molar refractivity (Wildman–Crippen MR) is 105 cm³/mol. The third kappa shape index (κ3) is 4.77. The number of carbonyl (C=O) groups is 2. The second kappa shape index (κ2) is 9.48. The molecule has 3 rings (SSSR count). The molecular formula is C21H27FN4O2. The summed E-state index contributed by atoms with van der Waals surface area (Å²) in [6.45, 7) is 3.80. The molecule has 28 heavy (non-hydrogen) atoms. The minimum atomic E-state index is -0.280. The van der Waals surface area contributed by atoms with Gasteiger partial charge in [-0.3, -0.25) is 9.59 Å². The lowest BCUT2D eigenvalue weighted by Gasteiger charge is -2.17. The Bertz CT molecular complexity index is 830. The summed E-state index contributed by atoms with van der Waals surface area (Å²) in [4.78, 5) is 29.6. The molecule has 1 aliphatic rings. The number of hydrogen-bond acceptors (Lipinski definition) is 3. The zero-order valence-electron chi connectivity index (χ0n) is 16.3. The maximum Gasteiger partial charge on any atom is 0.287 e. The molecule has 0 saturated heterocycles. The highest BCUT2D eigenvalue weighted by atomic mass is 19.1. The van der Waals surface area contributed by atoms with Gasteiger partial charge in [-0.2, -0.15) is 0 Å². The van der Waals surface area contributed by atoms with Crippen LogP contribution < -0.4 is 10.6 Å². The summed E-state index contributed by atoms with van der Waals surface area (Å²) in [6, 6.07) is 6.23. The van der Waals surface area contributed by atoms with Gasteiger partial charge in [0, 0.05) is 19.6 Å².